The minimum absolute atomic E-state index is 0.0792. The van der Waals surface area contributed by atoms with E-state index < -0.39 is 21.9 Å². The van der Waals surface area contributed by atoms with Crippen molar-refractivity contribution in [1.82, 2.24) is 19.8 Å². The molecule has 1 aromatic carbocycles. The van der Waals surface area contributed by atoms with Crippen molar-refractivity contribution >= 4 is 21.8 Å². The standard InChI is InChI=1S/C17H25FN4O4S/c1-3-19-17(24)13(2)20-16(23)12-21-7-9-22(10-8-21)27(25,26)15-6-4-5-14(18)11-15/h4-6,11,13H,3,7-10,12H2,1-2H3,(H,19,24)(H,20,23)/t13-/m0/s1. The number of benzene rings is 1. The van der Waals surface area contributed by atoms with Crippen molar-refractivity contribution in [3.63, 3.8) is 0 Å². The molecular formula is C17H25FN4O4S. The van der Waals surface area contributed by atoms with Crippen molar-refractivity contribution in [3.8, 4) is 0 Å². The van der Waals surface area contributed by atoms with Gasteiger partial charge in [0, 0.05) is 32.7 Å². The van der Waals surface area contributed by atoms with Gasteiger partial charge < -0.3 is 10.6 Å². The maximum atomic E-state index is 13.3. The summed E-state index contributed by atoms with van der Waals surface area (Å²) in [4.78, 5) is 25.4. The monoisotopic (exact) mass is 400 g/mol. The van der Waals surface area contributed by atoms with E-state index in [1.54, 1.807) is 13.8 Å². The van der Waals surface area contributed by atoms with Gasteiger partial charge in [0.1, 0.15) is 11.9 Å². The molecule has 2 amide bonds. The third-order valence-electron chi connectivity index (χ3n) is 4.25. The second-order valence-electron chi connectivity index (χ2n) is 6.32. The fraction of sp³-hybridized carbons (Fsp3) is 0.529. The van der Waals surface area contributed by atoms with Crippen LogP contribution >= 0.6 is 0 Å². The molecule has 2 N–H and O–H groups in total. The Balaban J connectivity index is 1.86. The number of nitrogens with one attached hydrogen (secondary N) is 2. The molecule has 1 heterocycles. The van der Waals surface area contributed by atoms with Crippen molar-refractivity contribution in [2.45, 2.75) is 24.8 Å². The van der Waals surface area contributed by atoms with Gasteiger partial charge in [-0.05, 0) is 32.0 Å². The molecule has 27 heavy (non-hydrogen) atoms. The van der Waals surface area contributed by atoms with Gasteiger partial charge in [-0.25, -0.2) is 12.8 Å². The van der Waals surface area contributed by atoms with Gasteiger partial charge in [-0.15, -0.1) is 0 Å². The minimum Gasteiger partial charge on any atom is -0.355 e. The van der Waals surface area contributed by atoms with Gasteiger partial charge in [-0.3, -0.25) is 14.5 Å². The molecule has 0 radical (unpaired) electrons. The highest BCUT2D eigenvalue weighted by Crippen LogP contribution is 2.18. The zero-order valence-corrected chi connectivity index (χ0v) is 16.3. The van der Waals surface area contributed by atoms with E-state index >= 15 is 0 Å². The summed E-state index contributed by atoms with van der Waals surface area (Å²) in [5.41, 5.74) is 0. The van der Waals surface area contributed by atoms with Crippen LogP contribution in [0.2, 0.25) is 0 Å². The second kappa shape index (κ2) is 9.25. The topological polar surface area (TPSA) is 98.8 Å². The van der Waals surface area contributed by atoms with E-state index in [1.807, 2.05) is 4.90 Å². The number of halogens is 1. The number of amides is 2. The van der Waals surface area contributed by atoms with Crippen LogP contribution < -0.4 is 10.6 Å². The molecule has 1 aliphatic heterocycles. The lowest BCUT2D eigenvalue weighted by Gasteiger charge is -2.33. The first-order valence-electron chi connectivity index (χ1n) is 8.79. The van der Waals surface area contributed by atoms with E-state index in [-0.39, 0.29) is 36.3 Å². The summed E-state index contributed by atoms with van der Waals surface area (Å²) >= 11 is 0. The first-order chi connectivity index (χ1) is 12.7. The van der Waals surface area contributed by atoms with Crippen molar-refractivity contribution in [2.24, 2.45) is 0 Å². The van der Waals surface area contributed by atoms with Crippen LogP contribution in [0.25, 0.3) is 0 Å². The summed E-state index contributed by atoms with van der Waals surface area (Å²) in [5, 5.41) is 5.25. The highest BCUT2D eigenvalue weighted by molar-refractivity contribution is 7.89. The predicted molar refractivity (Wildman–Crippen MR) is 97.9 cm³/mol. The highest BCUT2D eigenvalue weighted by Gasteiger charge is 2.29. The molecule has 1 aromatic rings. The third-order valence-corrected chi connectivity index (χ3v) is 6.15. The number of rotatable bonds is 7. The largest absolute Gasteiger partial charge is 0.355 e. The molecule has 0 unspecified atom stereocenters. The minimum atomic E-state index is -3.76. The van der Waals surface area contributed by atoms with E-state index in [1.165, 1.54) is 22.5 Å². The maximum Gasteiger partial charge on any atom is 0.243 e. The summed E-state index contributed by atoms with van der Waals surface area (Å²) in [7, 11) is -3.76. The van der Waals surface area contributed by atoms with Gasteiger partial charge in [0.2, 0.25) is 21.8 Å². The Morgan fingerprint density at radius 1 is 1.22 bits per heavy atom. The number of hydrogen-bond donors (Lipinski definition) is 2. The molecule has 150 valence electrons. The molecule has 1 fully saturated rings. The lowest BCUT2D eigenvalue weighted by atomic mass is 10.3. The Bertz CT molecular complexity index is 779. The van der Waals surface area contributed by atoms with Crippen LogP contribution in [0.5, 0.6) is 0 Å². The molecule has 10 heteroatoms. The Morgan fingerprint density at radius 2 is 1.89 bits per heavy atom. The molecule has 8 nitrogen and oxygen atoms in total. The first kappa shape index (κ1) is 21.3. The fourth-order valence-electron chi connectivity index (χ4n) is 2.79. The van der Waals surface area contributed by atoms with Crippen LogP contribution in [0.4, 0.5) is 4.39 Å². The number of carbonyl (C=O) groups excluding carboxylic acids is 2. The summed E-state index contributed by atoms with van der Waals surface area (Å²) in [5.74, 6) is -1.15. The van der Waals surface area contributed by atoms with Gasteiger partial charge in [-0.1, -0.05) is 6.07 Å². The normalized spacial score (nSPS) is 17.3. The van der Waals surface area contributed by atoms with Gasteiger partial charge >= 0.3 is 0 Å². The Morgan fingerprint density at radius 3 is 2.48 bits per heavy atom. The quantitative estimate of drug-likeness (QED) is 0.659. The van der Waals surface area contributed by atoms with E-state index in [2.05, 4.69) is 10.6 Å². The van der Waals surface area contributed by atoms with E-state index in [0.717, 1.165) is 6.07 Å². The van der Waals surface area contributed by atoms with Crippen LogP contribution in [0.1, 0.15) is 13.8 Å². The predicted octanol–water partition coefficient (Wildman–Crippen LogP) is -0.227. The lowest BCUT2D eigenvalue weighted by Crippen LogP contribution is -2.53. The number of hydrogen-bond acceptors (Lipinski definition) is 5. The van der Waals surface area contributed by atoms with Gasteiger partial charge in [-0.2, -0.15) is 4.31 Å². The summed E-state index contributed by atoms with van der Waals surface area (Å²) in [6.07, 6.45) is 0. The van der Waals surface area contributed by atoms with Gasteiger partial charge in [0.05, 0.1) is 11.4 Å². The molecule has 1 atom stereocenters. The zero-order valence-electron chi connectivity index (χ0n) is 15.4. The Kier molecular flexibility index (Phi) is 7.28. The van der Waals surface area contributed by atoms with Crippen LogP contribution in [0, 0.1) is 5.82 Å². The summed E-state index contributed by atoms with van der Waals surface area (Å²) in [6, 6.07) is 4.28. The molecule has 0 bridgehead atoms. The maximum absolute atomic E-state index is 13.3. The van der Waals surface area contributed by atoms with Crippen LogP contribution in [0.3, 0.4) is 0 Å². The fourth-order valence-corrected chi connectivity index (χ4v) is 4.24. The highest BCUT2D eigenvalue weighted by atomic mass is 32.2. The average Bonchev–Trinajstić information content (AvgIpc) is 2.62. The Labute approximate surface area is 158 Å². The van der Waals surface area contributed by atoms with Crippen LogP contribution in [-0.2, 0) is 19.6 Å². The molecule has 0 aliphatic carbocycles. The van der Waals surface area contributed by atoms with Crippen molar-refractivity contribution in [1.29, 1.82) is 0 Å². The van der Waals surface area contributed by atoms with Crippen LogP contribution in [0.15, 0.2) is 29.2 Å². The number of likely N-dealkylation sites (N-methyl/N-ethyl adjacent to an activating group) is 1. The van der Waals surface area contributed by atoms with Crippen molar-refractivity contribution in [2.75, 3.05) is 39.3 Å². The SMILES string of the molecule is CCNC(=O)[C@H](C)NC(=O)CN1CCN(S(=O)(=O)c2cccc(F)c2)CC1. The summed E-state index contributed by atoms with van der Waals surface area (Å²) < 4.78 is 39.7. The van der Waals surface area contributed by atoms with Gasteiger partial charge in [0.25, 0.3) is 0 Å². The molecule has 1 saturated heterocycles. The van der Waals surface area contributed by atoms with Crippen molar-refractivity contribution in [3.05, 3.63) is 30.1 Å². The second-order valence-corrected chi connectivity index (χ2v) is 8.26. The molecule has 0 spiro atoms. The number of nitrogens with zero attached hydrogens (tertiary/aromatic N) is 2. The van der Waals surface area contributed by atoms with Crippen LogP contribution in [-0.4, -0.2) is 74.7 Å². The zero-order chi connectivity index (χ0) is 20.0. The smallest absolute Gasteiger partial charge is 0.243 e. The molecule has 2 rings (SSSR count). The molecular weight excluding hydrogens is 375 g/mol. The molecule has 1 aliphatic rings. The average molecular weight is 400 g/mol. The number of piperazine rings is 1. The first-order valence-corrected chi connectivity index (χ1v) is 10.2. The van der Waals surface area contributed by atoms with E-state index in [4.69, 9.17) is 0 Å². The summed E-state index contributed by atoms with van der Waals surface area (Å²) in [6.45, 7) is 5.12. The van der Waals surface area contributed by atoms with E-state index in [9.17, 15) is 22.4 Å². The van der Waals surface area contributed by atoms with Gasteiger partial charge in [0.15, 0.2) is 0 Å². The molecule has 0 aromatic heterocycles. The number of carbonyl (C=O) groups is 2. The number of sulfonamides is 1. The molecule has 0 saturated carbocycles. The lowest BCUT2D eigenvalue weighted by molar-refractivity contribution is -0.129. The Hall–Kier alpha value is -2.04. The van der Waals surface area contributed by atoms with Crippen molar-refractivity contribution < 1.29 is 22.4 Å². The van der Waals surface area contributed by atoms with E-state index in [0.29, 0.717) is 19.6 Å². The third kappa shape index (κ3) is 5.72.